The normalized spacial score (nSPS) is 30.9. The van der Waals surface area contributed by atoms with E-state index in [0.29, 0.717) is 0 Å². The largest absolute Gasteiger partial charge is 0.352 e. The average Bonchev–Trinajstić information content (AvgIpc) is 2.15. The third-order valence-electron chi connectivity index (χ3n) is 2.69. The zero-order valence-corrected chi connectivity index (χ0v) is 10.7. The van der Waals surface area contributed by atoms with E-state index in [2.05, 4.69) is 13.8 Å². The molecule has 0 aliphatic carbocycles. The molecule has 4 heteroatoms. The van der Waals surface area contributed by atoms with E-state index in [1.165, 1.54) is 11.8 Å². The molecule has 88 valence electrons. The number of thioether (sulfide) groups is 1. The maximum atomic E-state index is 11.0. The third kappa shape index (κ3) is 4.13. The van der Waals surface area contributed by atoms with Crippen molar-refractivity contribution >= 4 is 16.9 Å². The molecule has 1 aliphatic rings. The van der Waals surface area contributed by atoms with Gasteiger partial charge in [0.2, 0.25) is 0 Å². The van der Waals surface area contributed by atoms with Gasteiger partial charge in [0.25, 0.3) is 0 Å². The highest BCUT2D eigenvalue weighted by Gasteiger charge is 2.29. The summed E-state index contributed by atoms with van der Waals surface area (Å²) in [6.07, 6.45) is 1.06. The van der Waals surface area contributed by atoms with Crippen molar-refractivity contribution in [2.24, 2.45) is 5.92 Å². The van der Waals surface area contributed by atoms with Crippen LogP contribution in [0.15, 0.2) is 0 Å². The van der Waals surface area contributed by atoms with Gasteiger partial charge in [-0.1, -0.05) is 25.6 Å². The van der Waals surface area contributed by atoms with Gasteiger partial charge in [0, 0.05) is 18.1 Å². The summed E-state index contributed by atoms with van der Waals surface area (Å²) in [7, 11) is 0. The van der Waals surface area contributed by atoms with Crippen molar-refractivity contribution in [2.75, 3.05) is 6.61 Å². The number of hydrogen-bond donors (Lipinski definition) is 0. The molecule has 3 nitrogen and oxygen atoms in total. The summed E-state index contributed by atoms with van der Waals surface area (Å²) < 4.78 is 11.3. The molecule has 0 aromatic rings. The predicted octanol–water partition coefficient (Wildman–Crippen LogP) is 2.44. The van der Waals surface area contributed by atoms with Gasteiger partial charge in [0.1, 0.15) is 0 Å². The summed E-state index contributed by atoms with van der Waals surface area (Å²) in [5.41, 5.74) is 0. The van der Waals surface area contributed by atoms with Crippen molar-refractivity contribution in [3.63, 3.8) is 0 Å². The van der Waals surface area contributed by atoms with E-state index in [9.17, 15) is 4.79 Å². The van der Waals surface area contributed by atoms with Gasteiger partial charge < -0.3 is 9.47 Å². The number of carbonyl (C=O) groups is 1. The minimum atomic E-state index is -0.157. The molecule has 1 heterocycles. The van der Waals surface area contributed by atoms with Crippen molar-refractivity contribution in [3.05, 3.63) is 0 Å². The Bertz CT molecular complexity index is 220. The van der Waals surface area contributed by atoms with Crippen molar-refractivity contribution in [1.29, 1.82) is 0 Å². The topological polar surface area (TPSA) is 35.5 Å². The second-order valence-corrected chi connectivity index (χ2v) is 5.70. The van der Waals surface area contributed by atoms with E-state index in [1.807, 2.05) is 6.92 Å². The van der Waals surface area contributed by atoms with Crippen LogP contribution in [0.4, 0.5) is 0 Å². The SMILES string of the molecule is CC(=O)SC(C)C(C)C1OCCC(C)O1. The zero-order valence-electron chi connectivity index (χ0n) is 9.86. The fourth-order valence-corrected chi connectivity index (χ4v) is 2.42. The van der Waals surface area contributed by atoms with Crippen molar-refractivity contribution in [1.82, 2.24) is 0 Å². The van der Waals surface area contributed by atoms with Gasteiger partial charge in [-0.3, -0.25) is 4.79 Å². The lowest BCUT2D eigenvalue weighted by Crippen LogP contribution is -2.38. The molecule has 0 spiro atoms. The van der Waals surface area contributed by atoms with E-state index in [0.717, 1.165) is 13.0 Å². The van der Waals surface area contributed by atoms with E-state index < -0.39 is 0 Å². The fraction of sp³-hybridized carbons (Fsp3) is 0.909. The molecule has 1 aliphatic heterocycles. The smallest absolute Gasteiger partial charge is 0.186 e. The highest BCUT2D eigenvalue weighted by molar-refractivity contribution is 8.14. The molecule has 15 heavy (non-hydrogen) atoms. The molecule has 0 N–H and O–H groups in total. The molecule has 0 amide bonds. The predicted molar refractivity (Wildman–Crippen MR) is 61.8 cm³/mol. The Morgan fingerprint density at radius 2 is 2.13 bits per heavy atom. The summed E-state index contributed by atoms with van der Waals surface area (Å²) in [4.78, 5) is 11.0. The average molecular weight is 232 g/mol. The van der Waals surface area contributed by atoms with Crippen LogP contribution in [0.5, 0.6) is 0 Å². The molecule has 0 bridgehead atoms. The maximum absolute atomic E-state index is 11.0. The summed E-state index contributed by atoms with van der Waals surface area (Å²) >= 11 is 1.36. The first-order chi connectivity index (χ1) is 7.00. The maximum Gasteiger partial charge on any atom is 0.186 e. The van der Waals surface area contributed by atoms with E-state index in [4.69, 9.17) is 9.47 Å². The Hall–Kier alpha value is -0.0600. The fourth-order valence-electron chi connectivity index (χ4n) is 1.55. The van der Waals surface area contributed by atoms with Gasteiger partial charge in [0.05, 0.1) is 12.7 Å². The Kier molecular flexibility index (Phi) is 5.09. The summed E-state index contributed by atoms with van der Waals surface area (Å²) in [5.74, 6) is 0.238. The lowest BCUT2D eigenvalue weighted by atomic mass is 10.1. The summed E-state index contributed by atoms with van der Waals surface area (Å²) in [6, 6.07) is 0. The quantitative estimate of drug-likeness (QED) is 0.748. The molecule has 1 fully saturated rings. The Balaban J connectivity index is 2.43. The third-order valence-corrected chi connectivity index (χ3v) is 3.83. The lowest BCUT2D eigenvalue weighted by Gasteiger charge is -2.34. The van der Waals surface area contributed by atoms with Crippen molar-refractivity contribution in [3.8, 4) is 0 Å². The van der Waals surface area contributed by atoms with Crippen LogP contribution in [0, 0.1) is 5.92 Å². The van der Waals surface area contributed by atoms with Gasteiger partial charge in [-0.2, -0.15) is 0 Å². The highest BCUT2D eigenvalue weighted by atomic mass is 32.2. The Morgan fingerprint density at radius 3 is 2.67 bits per heavy atom. The molecular formula is C11H20O3S. The zero-order chi connectivity index (χ0) is 11.4. The number of carbonyl (C=O) groups excluding carboxylic acids is 1. The minimum Gasteiger partial charge on any atom is -0.352 e. The molecular weight excluding hydrogens is 212 g/mol. The van der Waals surface area contributed by atoms with Crippen LogP contribution >= 0.6 is 11.8 Å². The van der Waals surface area contributed by atoms with E-state index >= 15 is 0 Å². The minimum absolute atomic E-state index is 0.151. The second-order valence-electron chi connectivity index (χ2n) is 4.15. The van der Waals surface area contributed by atoms with Crippen LogP contribution < -0.4 is 0 Å². The van der Waals surface area contributed by atoms with E-state index in [-0.39, 0.29) is 28.7 Å². The Morgan fingerprint density at radius 1 is 1.47 bits per heavy atom. The summed E-state index contributed by atoms with van der Waals surface area (Å²) in [5, 5.41) is 0.385. The monoisotopic (exact) mass is 232 g/mol. The molecule has 0 radical (unpaired) electrons. The van der Waals surface area contributed by atoms with Crippen molar-refractivity contribution < 1.29 is 14.3 Å². The van der Waals surface area contributed by atoms with Crippen LogP contribution in [0.3, 0.4) is 0 Å². The molecule has 4 unspecified atom stereocenters. The molecule has 1 saturated heterocycles. The van der Waals surface area contributed by atoms with Crippen LogP contribution in [0.2, 0.25) is 0 Å². The molecule has 1 rings (SSSR count). The first-order valence-corrected chi connectivity index (χ1v) is 6.33. The van der Waals surface area contributed by atoms with Crippen LogP contribution in [0.1, 0.15) is 34.1 Å². The standard InChI is InChI=1S/C11H20O3S/c1-7-5-6-13-11(14-7)8(2)9(3)15-10(4)12/h7-9,11H,5-6H2,1-4H3. The molecule has 0 aromatic carbocycles. The molecule has 0 aromatic heterocycles. The van der Waals surface area contributed by atoms with Gasteiger partial charge in [0.15, 0.2) is 11.4 Å². The second kappa shape index (κ2) is 5.87. The number of ether oxygens (including phenoxy) is 2. The lowest BCUT2D eigenvalue weighted by molar-refractivity contribution is -0.228. The highest BCUT2D eigenvalue weighted by Crippen LogP contribution is 2.27. The number of hydrogen-bond acceptors (Lipinski definition) is 4. The first-order valence-electron chi connectivity index (χ1n) is 5.45. The van der Waals surface area contributed by atoms with Gasteiger partial charge in [-0.15, -0.1) is 0 Å². The summed E-state index contributed by atoms with van der Waals surface area (Å²) in [6.45, 7) is 8.53. The van der Waals surface area contributed by atoms with Gasteiger partial charge in [-0.05, 0) is 13.3 Å². The van der Waals surface area contributed by atoms with Crippen LogP contribution in [-0.2, 0) is 14.3 Å². The van der Waals surface area contributed by atoms with Gasteiger partial charge in [-0.25, -0.2) is 0 Å². The number of rotatable bonds is 3. The van der Waals surface area contributed by atoms with Crippen molar-refractivity contribution in [2.45, 2.75) is 51.8 Å². The van der Waals surface area contributed by atoms with Gasteiger partial charge >= 0.3 is 0 Å². The van der Waals surface area contributed by atoms with E-state index in [1.54, 1.807) is 6.92 Å². The Labute approximate surface area is 95.9 Å². The molecule has 0 saturated carbocycles. The van der Waals surface area contributed by atoms with Crippen LogP contribution in [-0.4, -0.2) is 29.4 Å². The first kappa shape index (κ1) is 13.0. The van der Waals surface area contributed by atoms with Crippen LogP contribution in [0.25, 0.3) is 0 Å². The molecule has 4 atom stereocenters.